The Morgan fingerprint density at radius 2 is 2.00 bits per heavy atom. The van der Waals surface area contributed by atoms with Crippen molar-refractivity contribution in [1.82, 2.24) is 9.62 Å². The van der Waals surface area contributed by atoms with Gasteiger partial charge in [0.25, 0.3) is 0 Å². The van der Waals surface area contributed by atoms with Gasteiger partial charge in [0.15, 0.2) is 0 Å². The van der Waals surface area contributed by atoms with E-state index in [1.165, 1.54) is 23.5 Å². The highest BCUT2D eigenvalue weighted by Crippen LogP contribution is 2.31. The van der Waals surface area contributed by atoms with E-state index in [0.29, 0.717) is 31.0 Å². The maximum atomic E-state index is 13.1. The number of hydrogen-bond donors (Lipinski definition) is 1. The number of sulfonamides is 1. The average molecular weight is 437 g/mol. The standard InChI is InChI=1S/C21H25ClN2O4S/c1-28-19-10-9-18(22)14-20(19)29(26,27)24-13-5-8-17(15-24)21(25)23-12-11-16-6-3-2-4-7-16/h2-4,6-7,9-10,14,17H,5,8,11-13,15H2,1H3,(H,23,25)/t17-/m1/s1. The number of hydrogen-bond acceptors (Lipinski definition) is 4. The van der Waals surface area contributed by atoms with Gasteiger partial charge in [-0.15, -0.1) is 0 Å². The summed E-state index contributed by atoms with van der Waals surface area (Å²) in [6, 6.07) is 14.4. The molecule has 1 fully saturated rings. The second kappa shape index (κ2) is 9.61. The summed E-state index contributed by atoms with van der Waals surface area (Å²) in [6.07, 6.45) is 2.02. The van der Waals surface area contributed by atoms with Crippen LogP contribution in [-0.2, 0) is 21.2 Å². The lowest BCUT2D eigenvalue weighted by Gasteiger charge is -2.31. The Morgan fingerprint density at radius 1 is 1.24 bits per heavy atom. The molecule has 0 aromatic heterocycles. The molecule has 0 unspecified atom stereocenters. The largest absolute Gasteiger partial charge is 0.495 e. The third kappa shape index (κ3) is 5.29. The second-order valence-corrected chi connectivity index (χ2v) is 9.37. The lowest BCUT2D eigenvalue weighted by molar-refractivity contribution is -0.126. The minimum atomic E-state index is -3.81. The van der Waals surface area contributed by atoms with Crippen molar-refractivity contribution in [3.8, 4) is 5.75 Å². The van der Waals surface area contributed by atoms with Crippen LogP contribution >= 0.6 is 11.6 Å². The zero-order chi connectivity index (χ0) is 20.9. The molecule has 0 radical (unpaired) electrons. The third-order valence-electron chi connectivity index (χ3n) is 5.05. The molecule has 0 spiro atoms. The van der Waals surface area contributed by atoms with Crippen molar-refractivity contribution < 1.29 is 17.9 Å². The molecular formula is C21H25ClN2O4S. The van der Waals surface area contributed by atoms with Gasteiger partial charge in [-0.05, 0) is 43.0 Å². The van der Waals surface area contributed by atoms with Crippen LogP contribution in [-0.4, -0.2) is 45.4 Å². The molecule has 3 rings (SSSR count). The average Bonchev–Trinajstić information content (AvgIpc) is 2.74. The van der Waals surface area contributed by atoms with Crippen molar-refractivity contribution in [1.29, 1.82) is 0 Å². The summed E-state index contributed by atoms with van der Waals surface area (Å²) in [5.41, 5.74) is 1.15. The molecule has 6 nitrogen and oxygen atoms in total. The third-order valence-corrected chi connectivity index (χ3v) is 7.18. The summed E-state index contributed by atoms with van der Waals surface area (Å²) in [7, 11) is -2.40. The molecule has 8 heteroatoms. The maximum Gasteiger partial charge on any atom is 0.246 e. The molecule has 1 aliphatic rings. The normalized spacial score (nSPS) is 17.7. The van der Waals surface area contributed by atoms with E-state index in [1.54, 1.807) is 6.07 Å². The van der Waals surface area contributed by atoms with E-state index in [9.17, 15) is 13.2 Å². The maximum absolute atomic E-state index is 13.1. The van der Waals surface area contributed by atoms with E-state index in [-0.39, 0.29) is 29.0 Å². The number of methoxy groups -OCH3 is 1. The molecule has 1 saturated heterocycles. The summed E-state index contributed by atoms with van der Waals surface area (Å²) >= 11 is 6.00. The molecule has 1 N–H and O–H groups in total. The molecule has 0 aliphatic carbocycles. The van der Waals surface area contributed by atoms with E-state index in [4.69, 9.17) is 16.3 Å². The number of piperidine rings is 1. The van der Waals surface area contributed by atoms with Gasteiger partial charge in [0, 0.05) is 24.7 Å². The van der Waals surface area contributed by atoms with Gasteiger partial charge in [-0.1, -0.05) is 41.9 Å². The predicted molar refractivity (Wildman–Crippen MR) is 113 cm³/mol. The lowest BCUT2D eigenvalue weighted by atomic mass is 9.99. The molecule has 0 bridgehead atoms. The van der Waals surface area contributed by atoms with Gasteiger partial charge in [0.1, 0.15) is 10.6 Å². The van der Waals surface area contributed by atoms with E-state index in [2.05, 4.69) is 5.32 Å². The Labute approximate surface area is 176 Å². The van der Waals surface area contributed by atoms with Crippen LogP contribution in [0.25, 0.3) is 0 Å². The van der Waals surface area contributed by atoms with Crippen molar-refractivity contribution >= 4 is 27.5 Å². The van der Waals surface area contributed by atoms with Crippen molar-refractivity contribution in [2.45, 2.75) is 24.2 Å². The molecule has 29 heavy (non-hydrogen) atoms. The van der Waals surface area contributed by atoms with Gasteiger partial charge < -0.3 is 10.1 Å². The minimum Gasteiger partial charge on any atom is -0.495 e. The SMILES string of the molecule is COc1ccc(Cl)cc1S(=O)(=O)N1CCC[C@@H](C(=O)NCCc2ccccc2)C1. The van der Waals surface area contributed by atoms with Crippen LogP contribution in [0.2, 0.25) is 5.02 Å². The fourth-order valence-corrected chi connectivity index (χ4v) is 5.43. The van der Waals surface area contributed by atoms with Gasteiger partial charge in [-0.25, -0.2) is 8.42 Å². The summed E-state index contributed by atoms with van der Waals surface area (Å²) < 4.78 is 32.8. The molecule has 1 aliphatic heterocycles. The van der Waals surface area contributed by atoms with E-state index < -0.39 is 10.0 Å². The molecule has 1 heterocycles. The topological polar surface area (TPSA) is 75.7 Å². The number of amides is 1. The Kier molecular flexibility index (Phi) is 7.16. The summed E-state index contributed by atoms with van der Waals surface area (Å²) in [5.74, 6) is -0.248. The number of carbonyl (C=O) groups is 1. The van der Waals surface area contributed by atoms with Crippen molar-refractivity contribution in [2.24, 2.45) is 5.92 Å². The smallest absolute Gasteiger partial charge is 0.246 e. The number of ether oxygens (including phenoxy) is 1. The van der Waals surface area contributed by atoms with Crippen molar-refractivity contribution in [3.63, 3.8) is 0 Å². The minimum absolute atomic E-state index is 0.0256. The highest BCUT2D eigenvalue weighted by molar-refractivity contribution is 7.89. The van der Waals surface area contributed by atoms with Crippen molar-refractivity contribution in [3.05, 3.63) is 59.1 Å². The van der Waals surface area contributed by atoms with Crippen LogP contribution in [0.15, 0.2) is 53.4 Å². The highest BCUT2D eigenvalue weighted by Gasteiger charge is 2.34. The highest BCUT2D eigenvalue weighted by atomic mass is 35.5. The molecule has 2 aromatic carbocycles. The molecular weight excluding hydrogens is 412 g/mol. The number of benzene rings is 2. The van der Waals surface area contributed by atoms with E-state index >= 15 is 0 Å². The Hall–Kier alpha value is -2.09. The lowest BCUT2D eigenvalue weighted by Crippen LogP contribution is -2.45. The van der Waals surface area contributed by atoms with Crippen LogP contribution in [0.1, 0.15) is 18.4 Å². The van der Waals surface area contributed by atoms with Crippen LogP contribution in [0.3, 0.4) is 0 Å². The first-order valence-electron chi connectivity index (χ1n) is 9.57. The fourth-order valence-electron chi connectivity index (χ4n) is 3.48. The predicted octanol–water partition coefficient (Wildman–Crippen LogP) is 3.11. The van der Waals surface area contributed by atoms with Crippen LogP contribution < -0.4 is 10.1 Å². The zero-order valence-electron chi connectivity index (χ0n) is 16.3. The van der Waals surface area contributed by atoms with Crippen molar-refractivity contribution in [2.75, 3.05) is 26.7 Å². The van der Waals surface area contributed by atoms with E-state index in [1.807, 2.05) is 30.3 Å². The first kappa shape index (κ1) is 21.6. The fraction of sp³-hybridized carbons (Fsp3) is 0.381. The Morgan fingerprint density at radius 3 is 2.72 bits per heavy atom. The first-order chi connectivity index (χ1) is 13.9. The molecule has 0 saturated carbocycles. The number of nitrogens with one attached hydrogen (secondary N) is 1. The molecule has 1 amide bonds. The zero-order valence-corrected chi connectivity index (χ0v) is 17.9. The van der Waals surface area contributed by atoms with Gasteiger partial charge in [0.2, 0.25) is 15.9 Å². The van der Waals surface area contributed by atoms with Gasteiger partial charge in [0.05, 0.1) is 13.0 Å². The summed E-state index contributed by atoms with van der Waals surface area (Å²) in [5, 5.41) is 3.25. The molecule has 1 atom stereocenters. The first-order valence-corrected chi connectivity index (χ1v) is 11.4. The number of rotatable bonds is 7. The monoisotopic (exact) mass is 436 g/mol. The number of halogens is 1. The number of carbonyl (C=O) groups excluding carboxylic acids is 1. The molecule has 156 valence electrons. The summed E-state index contributed by atoms with van der Waals surface area (Å²) in [4.78, 5) is 12.6. The molecule has 2 aromatic rings. The number of nitrogens with zero attached hydrogens (tertiary/aromatic N) is 1. The van der Waals surface area contributed by atoms with Crippen LogP contribution in [0, 0.1) is 5.92 Å². The van der Waals surface area contributed by atoms with Gasteiger partial charge >= 0.3 is 0 Å². The Balaban J connectivity index is 1.65. The van der Waals surface area contributed by atoms with Gasteiger partial charge in [-0.2, -0.15) is 4.31 Å². The second-order valence-electron chi connectivity index (χ2n) is 7.02. The van der Waals surface area contributed by atoms with Crippen LogP contribution in [0.4, 0.5) is 0 Å². The van der Waals surface area contributed by atoms with Crippen LogP contribution in [0.5, 0.6) is 5.75 Å². The quantitative estimate of drug-likeness (QED) is 0.723. The summed E-state index contributed by atoms with van der Waals surface area (Å²) in [6.45, 7) is 1.04. The Bertz CT molecular complexity index is 950. The van der Waals surface area contributed by atoms with Gasteiger partial charge in [-0.3, -0.25) is 4.79 Å². The van der Waals surface area contributed by atoms with E-state index in [0.717, 1.165) is 12.0 Å².